The van der Waals surface area contributed by atoms with Crippen LogP contribution in [0.5, 0.6) is 11.5 Å². The van der Waals surface area contributed by atoms with E-state index in [4.69, 9.17) is 15.2 Å². The van der Waals surface area contributed by atoms with E-state index in [0.717, 1.165) is 35.8 Å². The van der Waals surface area contributed by atoms with E-state index in [1.807, 2.05) is 17.8 Å². The van der Waals surface area contributed by atoms with E-state index >= 15 is 0 Å². The summed E-state index contributed by atoms with van der Waals surface area (Å²) in [5.74, 6) is 3.80. The molecule has 0 amide bonds. The van der Waals surface area contributed by atoms with E-state index in [1.54, 1.807) is 7.11 Å². The van der Waals surface area contributed by atoms with E-state index in [1.165, 1.54) is 18.4 Å². The second kappa shape index (κ2) is 5.25. The second-order valence-electron chi connectivity index (χ2n) is 5.51. The molecule has 1 aliphatic carbocycles. The van der Waals surface area contributed by atoms with Crippen LogP contribution in [0.25, 0.3) is 0 Å². The van der Waals surface area contributed by atoms with Crippen molar-refractivity contribution in [3.63, 3.8) is 0 Å². The first-order chi connectivity index (χ1) is 9.21. The smallest absolute Gasteiger partial charge is 0.162 e. The number of nitrogens with two attached hydrogens (primary N) is 1. The maximum atomic E-state index is 6.52. The number of rotatable bonds is 4. The lowest BCUT2D eigenvalue weighted by Crippen LogP contribution is -2.34. The van der Waals surface area contributed by atoms with E-state index in [9.17, 15) is 0 Å². The van der Waals surface area contributed by atoms with Crippen LogP contribution in [0.2, 0.25) is 0 Å². The molecule has 0 unspecified atom stereocenters. The van der Waals surface area contributed by atoms with Crippen LogP contribution >= 0.6 is 11.8 Å². The highest BCUT2D eigenvalue weighted by molar-refractivity contribution is 8.00. The molecule has 2 N–H and O–H groups in total. The van der Waals surface area contributed by atoms with Gasteiger partial charge < -0.3 is 15.2 Å². The van der Waals surface area contributed by atoms with Crippen molar-refractivity contribution in [2.75, 3.05) is 18.6 Å². The van der Waals surface area contributed by atoms with E-state index in [2.05, 4.69) is 12.1 Å². The maximum Gasteiger partial charge on any atom is 0.162 e. The standard InChI is InChI=1S/C15H21NO2S/c1-17-13-5-4-11(15(16)6-2-3-7-15)8-14(13)18-12-9-19-10-12/h4-5,8,12H,2-3,6-7,9-10,16H2,1H3. The first-order valence-corrected chi connectivity index (χ1v) is 8.08. The van der Waals surface area contributed by atoms with Crippen molar-refractivity contribution in [2.45, 2.75) is 37.3 Å². The first-order valence-electron chi connectivity index (χ1n) is 6.93. The molecule has 0 aromatic heterocycles. The van der Waals surface area contributed by atoms with Crippen molar-refractivity contribution in [3.8, 4) is 11.5 Å². The fraction of sp³-hybridized carbons (Fsp3) is 0.600. The van der Waals surface area contributed by atoms with E-state index in [0.29, 0.717) is 6.10 Å². The molecule has 0 spiro atoms. The summed E-state index contributed by atoms with van der Waals surface area (Å²) in [4.78, 5) is 0. The lowest BCUT2D eigenvalue weighted by atomic mass is 9.89. The minimum absolute atomic E-state index is 0.168. The van der Waals surface area contributed by atoms with Crippen molar-refractivity contribution in [3.05, 3.63) is 23.8 Å². The molecular weight excluding hydrogens is 258 g/mol. The number of hydrogen-bond acceptors (Lipinski definition) is 4. The molecule has 0 radical (unpaired) electrons. The Morgan fingerprint density at radius 2 is 1.95 bits per heavy atom. The van der Waals surface area contributed by atoms with Crippen molar-refractivity contribution < 1.29 is 9.47 Å². The molecule has 1 aromatic rings. The molecule has 0 bridgehead atoms. The summed E-state index contributed by atoms with van der Waals surface area (Å²) in [7, 11) is 1.69. The van der Waals surface area contributed by atoms with Gasteiger partial charge in [0.05, 0.1) is 7.11 Å². The SMILES string of the molecule is COc1ccc(C2(N)CCCC2)cc1OC1CSC1. The van der Waals surface area contributed by atoms with Gasteiger partial charge in [-0.15, -0.1) is 0 Å². The first kappa shape index (κ1) is 13.1. The topological polar surface area (TPSA) is 44.5 Å². The van der Waals surface area contributed by atoms with Gasteiger partial charge in [0.1, 0.15) is 6.10 Å². The Labute approximate surface area is 118 Å². The summed E-state index contributed by atoms with van der Waals surface area (Å²) in [6.45, 7) is 0. The third-order valence-corrected chi connectivity index (χ3v) is 5.35. The van der Waals surface area contributed by atoms with Gasteiger partial charge in [0.25, 0.3) is 0 Å². The maximum absolute atomic E-state index is 6.52. The number of methoxy groups -OCH3 is 1. The Balaban J connectivity index is 1.87. The third kappa shape index (κ3) is 2.56. The summed E-state index contributed by atoms with van der Waals surface area (Å²) >= 11 is 1.92. The molecule has 19 heavy (non-hydrogen) atoms. The predicted octanol–water partition coefficient (Wildman–Crippen LogP) is 2.92. The quantitative estimate of drug-likeness (QED) is 0.920. The van der Waals surface area contributed by atoms with Gasteiger partial charge in [-0.3, -0.25) is 0 Å². The minimum atomic E-state index is -0.168. The molecule has 0 atom stereocenters. The van der Waals surface area contributed by atoms with Crippen LogP contribution in [-0.4, -0.2) is 24.7 Å². The molecule has 1 heterocycles. The van der Waals surface area contributed by atoms with E-state index in [-0.39, 0.29) is 5.54 Å². The Morgan fingerprint density at radius 3 is 2.53 bits per heavy atom. The monoisotopic (exact) mass is 279 g/mol. The van der Waals surface area contributed by atoms with Gasteiger partial charge in [-0.2, -0.15) is 11.8 Å². The summed E-state index contributed by atoms with van der Waals surface area (Å²) in [5.41, 5.74) is 7.54. The van der Waals surface area contributed by atoms with Gasteiger partial charge in [0.2, 0.25) is 0 Å². The number of hydrogen-bond donors (Lipinski definition) is 1. The van der Waals surface area contributed by atoms with Crippen LogP contribution in [0, 0.1) is 0 Å². The molecule has 1 saturated heterocycles. The average molecular weight is 279 g/mol. The van der Waals surface area contributed by atoms with Crippen molar-refractivity contribution in [2.24, 2.45) is 5.73 Å². The summed E-state index contributed by atoms with van der Waals surface area (Å²) in [6, 6.07) is 6.17. The summed E-state index contributed by atoms with van der Waals surface area (Å²) in [6.07, 6.45) is 4.90. The van der Waals surface area contributed by atoms with Gasteiger partial charge in [0.15, 0.2) is 11.5 Å². The molecule has 104 valence electrons. The third-order valence-electron chi connectivity index (χ3n) is 4.14. The minimum Gasteiger partial charge on any atom is -0.493 e. The van der Waals surface area contributed by atoms with E-state index < -0.39 is 0 Å². The van der Waals surface area contributed by atoms with Gasteiger partial charge >= 0.3 is 0 Å². The average Bonchev–Trinajstić information content (AvgIpc) is 2.82. The molecule has 2 aliphatic rings. The molecule has 3 rings (SSSR count). The lowest BCUT2D eigenvalue weighted by molar-refractivity contribution is 0.227. The van der Waals surface area contributed by atoms with Crippen LogP contribution in [0.1, 0.15) is 31.2 Å². The number of ether oxygens (including phenoxy) is 2. The molecule has 4 heteroatoms. The zero-order valence-electron chi connectivity index (χ0n) is 11.4. The van der Waals surface area contributed by atoms with Crippen molar-refractivity contribution in [1.82, 2.24) is 0 Å². The number of benzene rings is 1. The molecule has 2 fully saturated rings. The second-order valence-corrected chi connectivity index (χ2v) is 6.58. The largest absolute Gasteiger partial charge is 0.493 e. The van der Waals surface area contributed by atoms with Gasteiger partial charge in [-0.25, -0.2) is 0 Å². The Bertz CT molecular complexity index is 453. The molecule has 1 saturated carbocycles. The van der Waals surface area contributed by atoms with Crippen LogP contribution < -0.4 is 15.2 Å². The van der Waals surface area contributed by atoms with Crippen LogP contribution in [0.4, 0.5) is 0 Å². The summed E-state index contributed by atoms with van der Waals surface area (Å²) < 4.78 is 11.4. The molecule has 3 nitrogen and oxygen atoms in total. The Morgan fingerprint density at radius 1 is 1.21 bits per heavy atom. The molecule has 1 aliphatic heterocycles. The van der Waals surface area contributed by atoms with Gasteiger partial charge in [-0.05, 0) is 30.5 Å². The lowest BCUT2D eigenvalue weighted by Gasteiger charge is -2.29. The zero-order valence-corrected chi connectivity index (χ0v) is 12.2. The zero-order chi connectivity index (χ0) is 13.3. The van der Waals surface area contributed by atoms with Crippen LogP contribution in [0.3, 0.4) is 0 Å². The number of thioether (sulfide) groups is 1. The fourth-order valence-electron chi connectivity index (χ4n) is 2.83. The summed E-state index contributed by atoms with van der Waals surface area (Å²) in [5, 5.41) is 0. The Kier molecular flexibility index (Phi) is 3.63. The van der Waals surface area contributed by atoms with Crippen molar-refractivity contribution in [1.29, 1.82) is 0 Å². The van der Waals surface area contributed by atoms with Gasteiger partial charge in [0, 0.05) is 17.0 Å². The normalized spacial score (nSPS) is 22.0. The molecule has 1 aromatic carbocycles. The highest BCUT2D eigenvalue weighted by Gasteiger charge is 2.32. The van der Waals surface area contributed by atoms with Crippen molar-refractivity contribution >= 4 is 11.8 Å². The highest BCUT2D eigenvalue weighted by Crippen LogP contribution is 2.40. The van der Waals surface area contributed by atoms with Crippen LogP contribution in [-0.2, 0) is 5.54 Å². The fourth-order valence-corrected chi connectivity index (χ4v) is 3.40. The van der Waals surface area contributed by atoms with Crippen LogP contribution in [0.15, 0.2) is 18.2 Å². The van der Waals surface area contributed by atoms with Gasteiger partial charge in [-0.1, -0.05) is 18.9 Å². The Hall–Kier alpha value is -0.870. The highest BCUT2D eigenvalue weighted by atomic mass is 32.2. The predicted molar refractivity (Wildman–Crippen MR) is 79.1 cm³/mol. The molecular formula is C15H21NO2S.